The molecule has 0 atom stereocenters. The Morgan fingerprint density at radius 2 is 1.85 bits per heavy atom. The largest absolute Gasteiger partial charge is 0.350 e. The molecule has 4 rings (SSSR count). The summed E-state index contributed by atoms with van der Waals surface area (Å²) < 4.78 is 2.49. The van der Waals surface area contributed by atoms with Crippen LogP contribution < -0.4 is 16.3 Å². The van der Waals surface area contributed by atoms with Gasteiger partial charge in [-0.2, -0.15) is 0 Å². The normalized spacial score (nSPS) is 13.5. The zero-order chi connectivity index (χ0) is 18.1. The average Bonchev–Trinajstić information content (AvgIpc) is 3.42. The van der Waals surface area contributed by atoms with Crippen molar-refractivity contribution in [2.75, 3.05) is 10.6 Å². The number of anilines is 2. The van der Waals surface area contributed by atoms with Crippen LogP contribution in [0.4, 0.5) is 11.4 Å². The van der Waals surface area contributed by atoms with Gasteiger partial charge < -0.3 is 10.6 Å². The van der Waals surface area contributed by atoms with E-state index >= 15 is 0 Å². The van der Waals surface area contributed by atoms with Gasteiger partial charge in [0.1, 0.15) is 6.54 Å². The van der Waals surface area contributed by atoms with Crippen LogP contribution in [0, 0.1) is 5.92 Å². The van der Waals surface area contributed by atoms with E-state index in [4.69, 9.17) is 0 Å². The second-order valence-corrected chi connectivity index (χ2v) is 6.26. The van der Waals surface area contributed by atoms with Crippen molar-refractivity contribution in [1.29, 1.82) is 0 Å². The summed E-state index contributed by atoms with van der Waals surface area (Å²) in [6, 6.07) is 12.1. The zero-order valence-corrected chi connectivity index (χ0v) is 13.9. The maximum absolute atomic E-state index is 12.3. The van der Waals surface area contributed by atoms with Gasteiger partial charge in [-0.15, -0.1) is 5.10 Å². The lowest BCUT2D eigenvalue weighted by Crippen LogP contribution is -2.28. The Balaban J connectivity index is 1.45. The maximum Gasteiger partial charge on any atom is 0.350 e. The highest BCUT2D eigenvalue weighted by Gasteiger charge is 2.29. The fraction of sp³-hybridized carbons (Fsp3) is 0.222. The van der Waals surface area contributed by atoms with Crippen molar-refractivity contribution >= 4 is 28.8 Å². The lowest BCUT2D eigenvalue weighted by molar-refractivity contribution is -0.117. The van der Waals surface area contributed by atoms with Crippen molar-refractivity contribution in [2.24, 2.45) is 5.92 Å². The Kier molecular flexibility index (Phi) is 4.00. The Bertz CT molecular complexity index is 1050. The van der Waals surface area contributed by atoms with Gasteiger partial charge in [0.2, 0.25) is 11.8 Å². The van der Waals surface area contributed by atoms with Gasteiger partial charge >= 0.3 is 5.69 Å². The van der Waals surface area contributed by atoms with Crippen LogP contribution in [-0.4, -0.2) is 26.0 Å². The van der Waals surface area contributed by atoms with E-state index in [9.17, 15) is 14.4 Å². The van der Waals surface area contributed by atoms with Gasteiger partial charge in [0.25, 0.3) is 0 Å². The van der Waals surface area contributed by atoms with E-state index in [1.807, 2.05) is 0 Å². The number of nitrogens with zero attached hydrogens (tertiary/aromatic N) is 3. The predicted molar refractivity (Wildman–Crippen MR) is 95.9 cm³/mol. The van der Waals surface area contributed by atoms with E-state index in [-0.39, 0.29) is 30.0 Å². The zero-order valence-electron chi connectivity index (χ0n) is 13.9. The Labute approximate surface area is 148 Å². The Morgan fingerprint density at radius 3 is 2.58 bits per heavy atom. The molecule has 0 aliphatic heterocycles. The minimum absolute atomic E-state index is 0.00438. The molecule has 132 valence electrons. The second-order valence-electron chi connectivity index (χ2n) is 6.26. The number of hydrogen-bond acceptors (Lipinski definition) is 4. The van der Waals surface area contributed by atoms with Crippen LogP contribution in [0.25, 0.3) is 5.65 Å². The summed E-state index contributed by atoms with van der Waals surface area (Å²) in [5.74, 6) is -0.263. The third-order valence-corrected chi connectivity index (χ3v) is 4.14. The molecule has 26 heavy (non-hydrogen) atoms. The molecule has 2 amide bonds. The minimum Gasteiger partial charge on any atom is -0.326 e. The lowest BCUT2D eigenvalue weighted by Gasteiger charge is -2.08. The van der Waals surface area contributed by atoms with E-state index in [0.717, 1.165) is 17.5 Å². The summed E-state index contributed by atoms with van der Waals surface area (Å²) >= 11 is 0. The molecule has 0 spiro atoms. The molecule has 2 N–H and O–H groups in total. The summed E-state index contributed by atoms with van der Waals surface area (Å²) in [5, 5.41) is 9.68. The molecule has 2 aromatic heterocycles. The van der Waals surface area contributed by atoms with Crippen molar-refractivity contribution in [3.05, 3.63) is 59.1 Å². The van der Waals surface area contributed by atoms with Crippen molar-refractivity contribution in [3.8, 4) is 0 Å². The van der Waals surface area contributed by atoms with Crippen LogP contribution >= 0.6 is 0 Å². The molecule has 1 fully saturated rings. The van der Waals surface area contributed by atoms with Crippen molar-refractivity contribution in [1.82, 2.24) is 14.2 Å². The van der Waals surface area contributed by atoms with E-state index < -0.39 is 0 Å². The molecule has 0 radical (unpaired) electrons. The molecule has 1 saturated carbocycles. The number of benzene rings is 1. The first-order chi connectivity index (χ1) is 12.6. The molecule has 2 heterocycles. The van der Waals surface area contributed by atoms with Gasteiger partial charge in [0.05, 0.1) is 0 Å². The first-order valence-corrected chi connectivity index (χ1v) is 8.35. The highest BCUT2D eigenvalue weighted by Crippen LogP contribution is 2.30. The van der Waals surface area contributed by atoms with Gasteiger partial charge in [-0.05, 0) is 43.2 Å². The van der Waals surface area contributed by atoms with Gasteiger partial charge in [0, 0.05) is 23.5 Å². The molecule has 1 aliphatic carbocycles. The minimum atomic E-state index is -0.374. The molecule has 3 aromatic rings. The molecule has 0 saturated heterocycles. The summed E-state index contributed by atoms with van der Waals surface area (Å²) in [4.78, 5) is 36.3. The topological polar surface area (TPSA) is 97.5 Å². The number of carbonyl (C=O) groups excluding carboxylic acids is 2. The molecule has 8 nitrogen and oxygen atoms in total. The number of nitrogens with one attached hydrogen (secondary N) is 2. The molecular weight excluding hydrogens is 334 g/mol. The molecule has 0 bridgehead atoms. The summed E-state index contributed by atoms with van der Waals surface area (Å²) in [6.45, 7) is -0.195. The number of hydrogen-bond donors (Lipinski definition) is 2. The lowest BCUT2D eigenvalue weighted by atomic mass is 10.2. The van der Waals surface area contributed by atoms with E-state index in [2.05, 4.69) is 15.7 Å². The standard InChI is InChI=1S/C18H17N5O3/c24-16(11-23-18(26)22-9-2-1-6-15(22)21-23)19-13-4-3-5-14(10-13)20-17(25)12-7-8-12/h1-6,9-10,12H,7-8,11H2,(H,19,24)(H,20,25). The fourth-order valence-electron chi connectivity index (χ4n) is 2.67. The molecule has 1 aliphatic rings. The monoisotopic (exact) mass is 351 g/mol. The number of carbonyl (C=O) groups is 2. The van der Waals surface area contributed by atoms with E-state index in [1.54, 1.807) is 48.7 Å². The molecular formula is C18H17N5O3. The average molecular weight is 351 g/mol. The number of rotatable bonds is 5. The van der Waals surface area contributed by atoms with E-state index in [0.29, 0.717) is 17.0 Å². The number of pyridine rings is 1. The van der Waals surface area contributed by atoms with Crippen LogP contribution in [0.1, 0.15) is 12.8 Å². The van der Waals surface area contributed by atoms with Gasteiger partial charge in [-0.3, -0.25) is 14.0 Å². The van der Waals surface area contributed by atoms with Gasteiger partial charge in [0.15, 0.2) is 5.65 Å². The molecule has 1 aromatic carbocycles. The summed E-state index contributed by atoms with van der Waals surface area (Å²) in [6.07, 6.45) is 3.46. The molecule has 0 unspecified atom stereocenters. The molecule has 8 heteroatoms. The Hall–Kier alpha value is -3.42. The van der Waals surface area contributed by atoms with Gasteiger partial charge in [-0.1, -0.05) is 12.1 Å². The van der Waals surface area contributed by atoms with E-state index in [1.165, 1.54) is 4.40 Å². The third kappa shape index (κ3) is 3.34. The van der Waals surface area contributed by atoms with Crippen molar-refractivity contribution in [3.63, 3.8) is 0 Å². The van der Waals surface area contributed by atoms with Crippen LogP contribution in [0.15, 0.2) is 53.5 Å². The maximum atomic E-state index is 12.3. The third-order valence-electron chi connectivity index (χ3n) is 4.14. The number of amides is 2. The number of aromatic nitrogens is 3. The highest BCUT2D eigenvalue weighted by molar-refractivity contribution is 5.95. The van der Waals surface area contributed by atoms with Crippen LogP contribution in [0.2, 0.25) is 0 Å². The van der Waals surface area contributed by atoms with Crippen LogP contribution in [0.5, 0.6) is 0 Å². The first-order valence-electron chi connectivity index (χ1n) is 8.35. The first kappa shape index (κ1) is 16.1. The smallest absolute Gasteiger partial charge is 0.326 e. The fourth-order valence-corrected chi connectivity index (χ4v) is 2.67. The SMILES string of the molecule is O=C(Cn1nc2ccccn2c1=O)Nc1cccc(NC(=O)C2CC2)c1. The van der Waals surface area contributed by atoms with Crippen LogP contribution in [0.3, 0.4) is 0 Å². The quantitative estimate of drug-likeness (QED) is 0.727. The summed E-state index contributed by atoms with van der Waals surface area (Å²) in [5.41, 5.74) is 1.28. The van der Waals surface area contributed by atoms with Gasteiger partial charge in [-0.25, -0.2) is 9.48 Å². The van der Waals surface area contributed by atoms with Crippen LogP contribution in [-0.2, 0) is 16.1 Å². The highest BCUT2D eigenvalue weighted by atomic mass is 16.2. The predicted octanol–water partition coefficient (Wildman–Crippen LogP) is 1.48. The van der Waals surface area contributed by atoms with Crippen molar-refractivity contribution in [2.45, 2.75) is 19.4 Å². The number of fused-ring (bicyclic) bond motifs is 1. The summed E-state index contributed by atoms with van der Waals surface area (Å²) in [7, 11) is 0. The van der Waals surface area contributed by atoms with Crippen molar-refractivity contribution < 1.29 is 9.59 Å². The Morgan fingerprint density at radius 1 is 1.08 bits per heavy atom. The second kappa shape index (κ2) is 6.47.